The molecule has 0 aromatic heterocycles. The van der Waals surface area contributed by atoms with Gasteiger partial charge in [0.05, 0.1) is 19.3 Å². The van der Waals surface area contributed by atoms with Crippen molar-refractivity contribution < 1.29 is 9.47 Å². The molecule has 1 aliphatic rings. The van der Waals surface area contributed by atoms with Crippen LogP contribution in [-0.4, -0.2) is 13.2 Å². The number of unbranched alkanes of at least 4 members (excludes halogenated alkanes) is 2. The Bertz CT molecular complexity index is 383. The average Bonchev–Trinajstić information content (AvgIpc) is 2.36. The van der Waals surface area contributed by atoms with E-state index in [4.69, 9.17) is 9.47 Å². The second-order valence-corrected chi connectivity index (χ2v) is 5.31. The van der Waals surface area contributed by atoms with Crippen LogP contribution in [0.15, 0.2) is 18.2 Å². The molecule has 1 aliphatic heterocycles. The first-order valence-corrected chi connectivity index (χ1v) is 7.72. The van der Waals surface area contributed by atoms with Crippen LogP contribution < -0.4 is 4.74 Å². The van der Waals surface area contributed by atoms with Crippen LogP contribution in [-0.2, 0) is 11.2 Å². The second-order valence-electron chi connectivity index (χ2n) is 5.31. The molecule has 1 heterocycles. The Hall–Kier alpha value is -1.02. The lowest BCUT2D eigenvalue weighted by molar-refractivity contribution is -0.0533. The van der Waals surface area contributed by atoms with E-state index in [0.29, 0.717) is 6.10 Å². The Balaban J connectivity index is 2.06. The summed E-state index contributed by atoms with van der Waals surface area (Å²) in [7, 11) is 0. The van der Waals surface area contributed by atoms with Crippen molar-refractivity contribution in [2.45, 2.75) is 58.5 Å². The minimum atomic E-state index is 0.307. The molecular weight excluding hydrogens is 236 g/mol. The molecule has 0 spiro atoms. The van der Waals surface area contributed by atoms with E-state index in [1.807, 2.05) is 0 Å². The van der Waals surface area contributed by atoms with Gasteiger partial charge < -0.3 is 9.47 Å². The first-order chi connectivity index (χ1) is 9.35. The van der Waals surface area contributed by atoms with E-state index >= 15 is 0 Å². The van der Waals surface area contributed by atoms with E-state index in [1.165, 1.54) is 30.4 Å². The van der Waals surface area contributed by atoms with E-state index in [1.54, 1.807) is 0 Å². The van der Waals surface area contributed by atoms with Crippen molar-refractivity contribution in [1.82, 2.24) is 0 Å². The van der Waals surface area contributed by atoms with Crippen LogP contribution in [0.1, 0.15) is 63.2 Å². The van der Waals surface area contributed by atoms with Gasteiger partial charge in [-0.3, -0.25) is 0 Å². The standard InChI is InChI=1S/C17H26O2/c1-3-5-7-14-8-9-15(18-11-6-4-2)13-16(14)17-10-12-19-17/h8-9,13,17H,3-7,10-12H2,1-2H3. The third kappa shape index (κ3) is 3.97. The molecule has 0 saturated carbocycles. The first kappa shape index (κ1) is 14.4. The minimum Gasteiger partial charge on any atom is -0.494 e. The molecule has 1 aromatic rings. The van der Waals surface area contributed by atoms with E-state index in [0.717, 1.165) is 38.2 Å². The van der Waals surface area contributed by atoms with Crippen molar-refractivity contribution in [1.29, 1.82) is 0 Å². The van der Waals surface area contributed by atoms with Gasteiger partial charge in [-0.1, -0.05) is 32.8 Å². The van der Waals surface area contributed by atoms with Crippen molar-refractivity contribution in [2.75, 3.05) is 13.2 Å². The number of benzene rings is 1. The van der Waals surface area contributed by atoms with Crippen LogP contribution in [0.5, 0.6) is 5.75 Å². The van der Waals surface area contributed by atoms with Crippen LogP contribution >= 0.6 is 0 Å². The van der Waals surface area contributed by atoms with Crippen LogP contribution in [0.3, 0.4) is 0 Å². The number of ether oxygens (including phenoxy) is 2. The SMILES string of the molecule is CCCCOc1ccc(CCCC)c(C2CCO2)c1. The Morgan fingerprint density at radius 2 is 2.00 bits per heavy atom. The monoisotopic (exact) mass is 262 g/mol. The number of hydrogen-bond donors (Lipinski definition) is 0. The van der Waals surface area contributed by atoms with E-state index in [-0.39, 0.29) is 0 Å². The Morgan fingerprint density at radius 3 is 2.63 bits per heavy atom. The second kappa shape index (κ2) is 7.54. The fourth-order valence-corrected chi connectivity index (χ4v) is 2.37. The van der Waals surface area contributed by atoms with Crippen molar-refractivity contribution in [3.8, 4) is 5.75 Å². The Labute approximate surface area is 117 Å². The van der Waals surface area contributed by atoms with Gasteiger partial charge in [-0.2, -0.15) is 0 Å². The average molecular weight is 262 g/mol. The van der Waals surface area contributed by atoms with E-state index < -0.39 is 0 Å². The van der Waals surface area contributed by atoms with Gasteiger partial charge in [-0.25, -0.2) is 0 Å². The highest BCUT2D eigenvalue weighted by Crippen LogP contribution is 2.34. The number of aryl methyl sites for hydroxylation is 1. The first-order valence-electron chi connectivity index (χ1n) is 7.72. The third-order valence-corrected chi connectivity index (χ3v) is 3.73. The highest BCUT2D eigenvalue weighted by molar-refractivity contribution is 5.38. The molecule has 0 bridgehead atoms. The summed E-state index contributed by atoms with van der Waals surface area (Å²) >= 11 is 0. The maximum atomic E-state index is 5.81. The zero-order valence-corrected chi connectivity index (χ0v) is 12.3. The largest absolute Gasteiger partial charge is 0.494 e. The zero-order chi connectivity index (χ0) is 13.5. The summed E-state index contributed by atoms with van der Waals surface area (Å²) in [5, 5.41) is 0. The smallest absolute Gasteiger partial charge is 0.119 e. The van der Waals surface area contributed by atoms with E-state index in [9.17, 15) is 0 Å². The lowest BCUT2D eigenvalue weighted by Crippen LogP contribution is -2.19. The normalized spacial score (nSPS) is 18.1. The summed E-state index contributed by atoms with van der Waals surface area (Å²) in [6.07, 6.45) is 7.38. The van der Waals surface area contributed by atoms with Gasteiger partial charge in [0.2, 0.25) is 0 Å². The molecular formula is C17H26O2. The molecule has 2 rings (SSSR count). The highest BCUT2D eigenvalue weighted by atomic mass is 16.5. The van der Waals surface area contributed by atoms with Crippen molar-refractivity contribution in [3.63, 3.8) is 0 Å². The molecule has 0 radical (unpaired) electrons. The van der Waals surface area contributed by atoms with Crippen LogP contribution in [0.2, 0.25) is 0 Å². The molecule has 0 N–H and O–H groups in total. The molecule has 106 valence electrons. The summed E-state index contributed by atoms with van der Waals surface area (Å²) in [6.45, 7) is 6.14. The summed E-state index contributed by atoms with van der Waals surface area (Å²) in [6, 6.07) is 6.54. The molecule has 2 nitrogen and oxygen atoms in total. The molecule has 0 aliphatic carbocycles. The zero-order valence-electron chi connectivity index (χ0n) is 12.3. The summed E-state index contributed by atoms with van der Waals surface area (Å²) < 4.78 is 11.5. The van der Waals surface area contributed by atoms with Crippen LogP contribution in [0, 0.1) is 0 Å². The van der Waals surface area contributed by atoms with Gasteiger partial charge in [-0.15, -0.1) is 0 Å². The predicted octanol–water partition coefficient (Wildman–Crippen LogP) is 4.67. The van der Waals surface area contributed by atoms with Crippen molar-refractivity contribution in [3.05, 3.63) is 29.3 Å². The fraction of sp³-hybridized carbons (Fsp3) is 0.647. The molecule has 1 atom stereocenters. The minimum absolute atomic E-state index is 0.307. The summed E-state index contributed by atoms with van der Waals surface area (Å²) in [5.74, 6) is 0.999. The van der Waals surface area contributed by atoms with Gasteiger partial charge >= 0.3 is 0 Å². The molecule has 1 unspecified atom stereocenters. The van der Waals surface area contributed by atoms with E-state index in [2.05, 4.69) is 32.0 Å². The molecule has 1 aromatic carbocycles. The van der Waals surface area contributed by atoms with Crippen molar-refractivity contribution >= 4 is 0 Å². The van der Waals surface area contributed by atoms with Gasteiger partial charge in [0, 0.05) is 6.42 Å². The van der Waals surface area contributed by atoms with Gasteiger partial charge in [0.25, 0.3) is 0 Å². The molecule has 2 heteroatoms. The summed E-state index contributed by atoms with van der Waals surface area (Å²) in [4.78, 5) is 0. The maximum Gasteiger partial charge on any atom is 0.119 e. The fourth-order valence-electron chi connectivity index (χ4n) is 2.37. The summed E-state index contributed by atoms with van der Waals surface area (Å²) in [5.41, 5.74) is 2.79. The molecule has 1 fully saturated rings. The molecule has 0 amide bonds. The topological polar surface area (TPSA) is 18.5 Å². The maximum absolute atomic E-state index is 5.81. The highest BCUT2D eigenvalue weighted by Gasteiger charge is 2.23. The molecule has 1 saturated heterocycles. The van der Waals surface area contributed by atoms with Gasteiger partial charge in [-0.05, 0) is 42.5 Å². The van der Waals surface area contributed by atoms with Crippen molar-refractivity contribution in [2.24, 2.45) is 0 Å². The third-order valence-electron chi connectivity index (χ3n) is 3.73. The number of rotatable bonds is 8. The lowest BCUT2D eigenvalue weighted by Gasteiger charge is -2.29. The van der Waals surface area contributed by atoms with Gasteiger partial charge in [0.15, 0.2) is 0 Å². The van der Waals surface area contributed by atoms with Crippen LogP contribution in [0.25, 0.3) is 0 Å². The Morgan fingerprint density at radius 1 is 1.21 bits per heavy atom. The Kier molecular flexibility index (Phi) is 5.71. The number of hydrogen-bond acceptors (Lipinski definition) is 2. The molecule has 19 heavy (non-hydrogen) atoms. The van der Waals surface area contributed by atoms with Gasteiger partial charge in [0.1, 0.15) is 5.75 Å². The van der Waals surface area contributed by atoms with Crippen LogP contribution in [0.4, 0.5) is 0 Å². The predicted molar refractivity (Wildman–Crippen MR) is 78.8 cm³/mol. The quantitative estimate of drug-likeness (QED) is 0.634. The lowest BCUT2D eigenvalue weighted by atomic mass is 9.94.